The molecule has 3 atom stereocenters. The van der Waals surface area contributed by atoms with Crippen molar-refractivity contribution in [2.24, 2.45) is 0 Å². The molecule has 1 N–H and O–H groups in total. The second-order valence-electron chi connectivity index (χ2n) is 2.63. The third-order valence-corrected chi connectivity index (χ3v) is 1.95. The number of methoxy groups -OCH3 is 1. The van der Waals surface area contributed by atoms with E-state index in [4.69, 9.17) is 9.47 Å². The van der Waals surface area contributed by atoms with Crippen molar-refractivity contribution >= 4 is 0 Å². The zero-order valence-electron chi connectivity index (χ0n) is 6.41. The van der Waals surface area contributed by atoms with Crippen molar-refractivity contribution in [1.29, 1.82) is 0 Å². The summed E-state index contributed by atoms with van der Waals surface area (Å²) in [4.78, 5) is 0. The number of hydrogen-bond donors (Lipinski definition) is 1. The molecule has 0 aromatic rings. The summed E-state index contributed by atoms with van der Waals surface area (Å²) < 4.78 is 10.2. The third kappa shape index (κ3) is 1.48. The number of aliphatic hydroxyl groups is 1. The van der Waals surface area contributed by atoms with Crippen molar-refractivity contribution in [2.75, 3.05) is 13.7 Å². The highest BCUT2D eigenvalue weighted by atomic mass is 16.5. The van der Waals surface area contributed by atoms with Gasteiger partial charge in [0.1, 0.15) is 6.10 Å². The van der Waals surface area contributed by atoms with Gasteiger partial charge in [0, 0.05) is 13.7 Å². The molecule has 0 spiro atoms. The lowest BCUT2D eigenvalue weighted by molar-refractivity contribution is -0.138. The van der Waals surface area contributed by atoms with E-state index in [2.05, 4.69) is 0 Å². The molecule has 0 bridgehead atoms. The van der Waals surface area contributed by atoms with Crippen LogP contribution in [0.25, 0.3) is 0 Å². The van der Waals surface area contributed by atoms with E-state index in [1.165, 1.54) is 0 Å². The van der Waals surface area contributed by atoms with Crippen LogP contribution in [0.5, 0.6) is 0 Å². The maximum atomic E-state index is 9.39. The first-order valence-electron chi connectivity index (χ1n) is 3.58. The molecule has 1 aliphatic heterocycles. The molecule has 0 aliphatic carbocycles. The second-order valence-corrected chi connectivity index (χ2v) is 2.63. The van der Waals surface area contributed by atoms with Gasteiger partial charge in [-0.2, -0.15) is 0 Å². The van der Waals surface area contributed by atoms with E-state index in [0.717, 1.165) is 6.42 Å². The van der Waals surface area contributed by atoms with Gasteiger partial charge in [0.2, 0.25) is 0 Å². The van der Waals surface area contributed by atoms with Gasteiger partial charge in [-0.25, -0.2) is 0 Å². The van der Waals surface area contributed by atoms with Crippen molar-refractivity contribution < 1.29 is 14.6 Å². The topological polar surface area (TPSA) is 38.7 Å². The van der Waals surface area contributed by atoms with E-state index in [0.29, 0.717) is 6.61 Å². The van der Waals surface area contributed by atoms with Crippen LogP contribution in [-0.4, -0.2) is 37.1 Å². The molecular formula is C7H14O3. The molecule has 0 aromatic heterocycles. The first-order chi connectivity index (χ1) is 4.75. The molecule has 0 radical (unpaired) electrons. The Morgan fingerprint density at radius 2 is 2.30 bits per heavy atom. The van der Waals surface area contributed by atoms with Gasteiger partial charge in [-0.05, 0) is 13.3 Å². The Balaban J connectivity index is 2.42. The Labute approximate surface area is 60.9 Å². The smallest absolute Gasteiger partial charge is 0.106 e. The summed E-state index contributed by atoms with van der Waals surface area (Å²) in [5, 5.41) is 9.39. The summed E-state index contributed by atoms with van der Waals surface area (Å²) in [5.74, 6) is 0. The van der Waals surface area contributed by atoms with Crippen LogP contribution >= 0.6 is 0 Å². The molecule has 0 aromatic carbocycles. The quantitative estimate of drug-likeness (QED) is 0.573. The van der Waals surface area contributed by atoms with Crippen LogP contribution in [0.3, 0.4) is 0 Å². The molecule has 1 heterocycles. The normalized spacial score (nSPS) is 41.7. The van der Waals surface area contributed by atoms with Gasteiger partial charge >= 0.3 is 0 Å². The van der Waals surface area contributed by atoms with Crippen LogP contribution in [-0.2, 0) is 9.47 Å². The van der Waals surface area contributed by atoms with E-state index < -0.39 is 6.10 Å². The number of rotatable bonds is 1. The lowest BCUT2D eigenvalue weighted by Crippen LogP contribution is -2.43. The molecule has 1 aliphatic rings. The fourth-order valence-electron chi connectivity index (χ4n) is 1.20. The number of hydrogen-bond acceptors (Lipinski definition) is 3. The standard InChI is InChI=1S/C7H14O3/c1-5-7(8)6(9-2)3-4-10-5/h5-8H,3-4H2,1-2H3/t5-,6+,7-/m0/s1. The fourth-order valence-corrected chi connectivity index (χ4v) is 1.20. The largest absolute Gasteiger partial charge is 0.388 e. The lowest BCUT2D eigenvalue weighted by Gasteiger charge is -2.31. The summed E-state index contributed by atoms with van der Waals surface area (Å²) in [6, 6.07) is 0. The first kappa shape index (κ1) is 7.98. The summed E-state index contributed by atoms with van der Waals surface area (Å²) in [5.41, 5.74) is 0. The molecule has 0 saturated carbocycles. The van der Waals surface area contributed by atoms with Crippen LogP contribution in [0.15, 0.2) is 0 Å². The summed E-state index contributed by atoms with van der Waals surface area (Å²) in [6.07, 6.45) is 0.211. The van der Waals surface area contributed by atoms with Crippen molar-refractivity contribution in [3.05, 3.63) is 0 Å². The molecule has 3 heteroatoms. The maximum Gasteiger partial charge on any atom is 0.106 e. The van der Waals surface area contributed by atoms with E-state index in [1.807, 2.05) is 6.92 Å². The molecular weight excluding hydrogens is 132 g/mol. The van der Waals surface area contributed by atoms with Crippen molar-refractivity contribution in [1.82, 2.24) is 0 Å². The molecule has 0 unspecified atom stereocenters. The number of aliphatic hydroxyl groups excluding tert-OH is 1. The SMILES string of the molecule is CO[C@@H]1CCO[C@@H](C)[C@@H]1O. The number of ether oxygens (including phenoxy) is 2. The van der Waals surface area contributed by atoms with Gasteiger partial charge in [-0.3, -0.25) is 0 Å². The van der Waals surface area contributed by atoms with Gasteiger partial charge in [0.05, 0.1) is 12.2 Å². The zero-order chi connectivity index (χ0) is 7.56. The van der Waals surface area contributed by atoms with Crippen LogP contribution in [0.2, 0.25) is 0 Å². The molecule has 60 valence electrons. The van der Waals surface area contributed by atoms with Crippen molar-refractivity contribution in [3.63, 3.8) is 0 Å². The Hall–Kier alpha value is -0.120. The van der Waals surface area contributed by atoms with E-state index in [1.54, 1.807) is 7.11 Å². The lowest BCUT2D eigenvalue weighted by atomic mass is 10.0. The molecule has 0 amide bonds. The molecule has 1 rings (SSSR count). The van der Waals surface area contributed by atoms with Gasteiger partial charge in [-0.1, -0.05) is 0 Å². The highest BCUT2D eigenvalue weighted by Gasteiger charge is 2.29. The summed E-state index contributed by atoms with van der Waals surface area (Å²) in [7, 11) is 1.62. The predicted molar refractivity (Wildman–Crippen MR) is 36.8 cm³/mol. The monoisotopic (exact) mass is 146 g/mol. The maximum absolute atomic E-state index is 9.39. The molecule has 1 fully saturated rings. The zero-order valence-corrected chi connectivity index (χ0v) is 6.41. The molecule has 1 saturated heterocycles. The predicted octanol–water partition coefficient (Wildman–Crippen LogP) is 0.171. The molecule has 10 heavy (non-hydrogen) atoms. The minimum atomic E-state index is -0.459. The summed E-state index contributed by atoms with van der Waals surface area (Å²) >= 11 is 0. The molecule has 3 nitrogen and oxygen atoms in total. The van der Waals surface area contributed by atoms with Crippen molar-refractivity contribution in [2.45, 2.75) is 31.7 Å². The van der Waals surface area contributed by atoms with Crippen LogP contribution in [0.1, 0.15) is 13.3 Å². The first-order valence-corrected chi connectivity index (χ1v) is 3.58. The average molecular weight is 146 g/mol. The van der Waals surface area contributed by atoms with Gasteiger partial charge in [-0.15, -0.1) is 0 Å². The minimum absolute atomic E-state index is 0.0382. The van der Waals surface area contributed by atoms with Crippen molar-refractivity contribution in [3.8, 4) is 0 Å². The van der Waals surface area contributed by atoms with Crippen LogP contribution in [0, 0.1) is 0 Å². The van der Waals surface area contributed by atoms with Gasteiger partial charge < -0.3 is 14.6 Å². The Bertz CT molecular complexity index is 105. The Morgan fingerprint density at radius 3 is 2.80 bits per heavy atom. The highest BCUT2D eigenvalue weighted by molar-refractivity contribution is 4.78. The Morgan fingerprint density at radius 1 is 1.60 bits per heavy atom. The minimum Gasteiger partial charge on any atom is -0.388 e. The van der Waals surface area contributed by atoms with E-state index >= 15 is 0 Å². The van der Waals surface area contributed by atoms with Gasteiger partial charge in [0.25, 0.3) is 0 Å². The van der Waals surface area contributed by atoms with Crippen LogP contribution in [0.4, 0.5) is 0 Å². The Kier molecular flexibility index (Phi) is 2.65. The third-order valence-electron chi connectivity index (χ3n) is 1.95. The highest BCUT2D eigenvalue weighted by Crippen LogP contribution is 2.16. The van der Waals surface area contributed by atoms with Crippen LogP contribution < -0.4 is 0 Å². The van der Waals surface area contributed by atoms with E-state index in [-0.39, 0.29) is 12.2 Å². The summed E-state index contributed by atoms with van der Waals surface area (Å²) in [6.45, 7) is 2.55. The fraction of sp³-hybridized carbons (Fsp3) is 1.00. The average Bonchev–Trinajstić information content (AvgIpc) is 1.95. The van der Waals surface area contributed by atoms with Gasteiger partial charge in [0.15, 0.2) is 0 Å². The second kappa shape index (κ2) is 3.32. The van der Waals surface area contributed by atoms with E-state index in [9.17, 15) is 5.11 Å².